The van der Waals surface area contributed by atoms with Crippen molar-refractivity contribution < 1.29 is 17.9 Å². The SMILES string of the molecule is F.Nc1ccccc1-c1ccc(C(F)(F)F)cc1. The van der Waals surface area contributed by atoms with E-state index in [0.717, 1.165) is 17.7 Å². The lowest BCUT2D eigenvalue weighted by atomic mass is 10.0. The first-order valence-corrected chi connectivity index (χ1v) is 5.00. The third-order valence-electron chi connectivity index (χ3n) is 2.48. The molecule has 18 heavy (non-hydrogen) atoms. The smallest absolute Gasteiger partial charge is 0.398 e. The molecule has 0 saturated carbocycles. The zero-order valence-electron chi connectivity index (χ0n) is 9.24. The molecule has 0 amide bonds. The van der Waals surface area contributed by atoms with Crippen molar-refractivity contribution in [2.45, 2.75) is 6.18 Å². The van der Waals surface area contributed by atoms with Crippen LogP contribution in [0.2, 0.25) is 0 Å². The number of alkyl halides is 3. The first-order chi connectivity index (χ1) is 7.98. The van der Waals surface area contributed by atoms with E-state index in [1.807, 2.05) is 0 Å². The van der Waals surface area contributed by atoms with Gasteiger partial charge in [0.15, 0.2) is 0 Å². The van der Waals surface area contributed by atoms with Crippen LogP contribution in [0.5, 0.6) is 0 Å². The predicted octanol–water partition coefficient (Wildman–Crippen LogP) is 4.11. The molecule has 0 aliphatic rings. The van der Waals surface area contributed by atoms with E-state index in [1.54, 1.807) is 24.3 Å². The minimum Gasteiger partial charge on any atom is -0.398 e. The normalized spacial score (nSPS) is 10.8. The number of halogens is 4. The summed E-state index contributed by atoms with van der Waals surface area (Å²) in [5.41, 5.74) is 7.06. The van der Waals surface area contributed by atoms with Gasteiger partial charge in [0.05, 0.1) is 5.56 Å². The summed E-state index contributed by atoms with van der Waals surface area (Å²) in [6.45, 7) is 0. The molecule has 0 aromatic heterocycles. The fourth-order valence-electron chi connectivity index (χ4n) is 1.60. The van der Waals surface area contributed by atoms with Crippen LogP contribution in [-0.2, 0) is 6.18 Å². The maximum atomic E-state index is 12.4. The van der Waals surface area contributed by atoms with Crippen molar-refractivity contribution in [1.82, 2.24) is 0 Å². The highest BCUT2D eigenvalue weighted by Gasteiger charge is 2.29. The van der Waals surface area contributed by atoms with Gasteiger partial charge in [0.1, 0.15) is 0 Å². The van der Waals surface area contributed by atoms with Crippen molar-refractivity contribution in [3.63, 3.8) is 0 Å². The lowest BCUT2D eigenvalue weighted by Crippen LogP contribution is -2.04. The summed E-state index contributed by atoms with van der Waals surface area (Å²) in [6, 6.07) is 12.0. The molecular weight excluding hydrogens is 246 g/mol. The van der Waals surface area contributed by atoms with Crippen molar-refractivity contribution >= 4 is 5.69 Å². The number of para-hydroxylation sites is 1. The molecule has 2 N–H and O–H groups in total. The molecule has 0 radical (unpaired) electrons. The first-order valence-electron chi connectivity index (χ1n) is 5.00. The summed E-state index contributed by atoms with van der Waals surface area (Å²) in [6.07, 6.45) is -4.30. The van der Waals surface area contributed by atoms with Gasteiger partial charge >= 0.3 is 6.18 Å². The Hall–Kier alpha value is -2.04. The van der Waals surface area contributed by atoms with Gasteiger partial charge in [-0.25, -0.2) is 0 Å². The van der Waals surface area contributed by atoms with Gasteiger partial charge in [-0.1, -0.05) is 30.3 Å². The van der Waals surface area contributed by atoms with Crippen LogP contribution in [0, 0.1) is 0 Å². The monoisotopic (exact) mass is 257 g/mol. The number of nitrogen functional groups attached to an aromatic ring is 1. The van der Waals surface area contributed by atoms with Crippen LogP contribution in [0.3, 0.4) is 0 Å². The van der Waals surface area contributed by atoms with Crippen molar-refractivity contribution in [3.05, 3.63) is 54.1 Å². The molecule has 0 aliphatic heterocycles. The van der Waals surface area contributed by atoms with Gasteiger partial charge in [-0.3, -0.25) is 4.70 Å². The van der Waals surface area contributed by atoms with E-state index in [9.17, 15) is 13.2 Å². The van der Waals surface area contributed by atoms with Crippen LogP contribution >= 0.6 is 0 Å². The summed E-state index contributed by atoms with van der Waals surface area (Å²) < 4.78 is 37.1. The zero-order valence-corrected chi connectivity index (χ0v) is 9.24. The van der Waals surface area contributed by atoms with Crippen LogP contribution in [-0.4, -0.2) is 0 Å². The van der Waals surface area contributed by atoms with Crippen molar-refractivity contribution in [2.24, 2.45) is 0 Å². The highest BCUT2D eigenvalue weighted by Crippen LogP contribution is 2.32. The molecule has 96 valence electrons. The molecule has 2 aromatic carbocycles. The molecule has 0 aliphatic carbocycles. The summed E-state index contributed by atoms with van der Waals surface area (Å²) >= 11 is 0. The second-order valence-corrected chi connectivity index (χ2v) is 3.66. The van der Waals surface area contributed by atoms with Crippen molar-refractivity contribution in [2.75, 3.05) is 5.73 Å². The van der Waals surface area contributed by atoms with Crippen molar-refractivity contribution in [1.29, 1.82) is 0 Å². The Bertz CT molecular complexity index is 517. The largest absolute Gasteiger partial charge is 0.416 e. The van der Waals surface area contributed by atoms with Crippen LogP contribution in [0.15, 0.2) is 48.5 Å². The van der Waals surface area contributed by atoms with Gasteiger partial charge in [-0.2, -0.15) is 13.2 Å². The van der Waals surface area contributed by atoms with Gasteiger partial charge in [0, 0.05) is 11.3 Å². The van der Waals surface area contributed by atoms with E-state index >= 15 is 0 Å². The van der Waals surface area contributed by atoms with Gasteiger partial charge in [-0.05, 0) is 23.8 Å². The number of anilines is 1. The number of hydrogen-bond acceptors (Lipinski definition) is 1. The lowest BCUT2D eigenvalue weighted by molar-refractivity contribution is -0.137. The Morgan fingerprint density at radius 1 is 0.833 bits per heavy atom. The molecule has 0 spiro atoms. The topological polar surface area (TPSA) is 26.0 Å². The second kappa shape index (κ2) is 5.08. The number of nitrogens with two attached hydrogens (primary N) is 1. The molecule has 5 heteroatoms. The van der Waals surface area contributed by atoms with E-state index in [0.29, 0.717) is 11.3 Å². The van der Waals surface area contributed by atoms with Crippen LogP contribution < -0.4 is 5.73 Å². The second-order valence-electron chi connectivity index (χ2n) is 3.66. The maximum Gasteiger partial charge on any atom is 0.416 e. The van der Waals surface area contributed by atoms with Gasteiger partial charge in [-0.15, -0.1) is 0 Å². The highest BCUT2D eigenvalue weighted by molar-refractivity contribution is 5.76. The van der Waals surface area contributed by atoms with E-state index in [-0.39, 0.29) is 4.70 Å². The molecule has 0 heterocycles. The van der Waals surface area contributed by atoms with E-state index in [2.05, 4.69) is 0 Å². The van der Waals surface area contributed by atoms with Crippen LogP contribution in [0.4, 0.5) is 23.6 Å². The fraction of sp³-hybridized carbons (Fsp3) is 0.0769. The minimum atomic E-state index is -4.30. The summed E-state index contributed by atoms with van der Waals surface area (Å²) in [5.74, 6) is 0. The molecule has 0 saturated heterocycles. The van der Waals surface area contributed by atoms with E-state index in [1.165, 1.54) is 12.1 Å². The molecule has 2 rings (SSSR count). The molecule has 0 unspecified atom stereocenters. The Kier molecular flexibility index (Phi) is 3.96. The number of benzene rings is 2. The Morgan fingerprint density at radius 3 is 1.89 bits per heavy atom. The molecule has 0 fully saturated rings. The molecule has 1 nitrogen and oxygen atoms in total. The predicted molar refractivity (Wildman–Crippen MR) is 63.8 cm³/mol. The Morgan fingerprint density at radius 2 is 1.39 bits per heavy atom. The van der Waals surface area contributed by atoms with Crippen LogP contribution in [0.25, 0.3) is 11.1 Å². The third-order valence-corrected chi connectivity index (χ3v) is 2.48. The average molecular weight is 257 g/mol. The molecule has 2 aromatic rings. The number of hydrogen-bond donors (Lipinski definition) is 1. The first kappa shape index (κ1) is 14.0. The fourth-order valence-corrected chi connectivity index (χ4v) is 1.60. The summed E-state index contributed by atoms with van der Waals surface area (Å²) in [4.78, 5) is 0. The quantitative estimate of drug-likeness (QED) is 0.604. The van der Waals surface area contributed by atoms with Crippen molar-refractivity contribution in [3.8, 4) is 11.1 Å². The third kappa shape index (κ3) is 2.80. The van der Waals surface area contributed by atoms with Gasteiger partial charge in [0.2, 0.25) is 0 Å². The maximum absolute atomic E-state index is 12.4. The molecule has 0 bridgehead atoms. The van der Waals surface area contributed by atoms with E-state index in [4.69, 9.17) is 5.73 Å². The number of rotatable bonds is 1. The Balaban J connectivity index is 0.00000162. The average Bonchev–Trinajstić information content (AvgIpc) is 2.29. The molecule has 0 atom stereocenters. The lowest BCUT2D eigenvalue weighted by Gasteiger charge is -2.09. The minimum absolute atomic E-state index is 0. The van der Waals surface area contributed by atoms with Gasteiger partial charge < -0.3 is 5.73 Å². The molecular formula is C13H11F4N. The zero-order chi connectivity index (χ0) is 12.5. The standard InChI is InChI=1S/C13H10F3N.FH/c14-13(15,16)10-7-5-9(6-8-10)11-3-1-2-4-12(11)17;/h1-8H,17H2;1H. The van der Waals surface area contributed by atoms with Gasteiger partial charge in [0.25, 0.3) is 0 Å². The van der Waals surface area contributed by atoms with E-state index < -0.39 is 11.7 Å². The summed E-state index contributed by atoms with van der Waals surface area (Å²) in [5, 5.41) is 0. The Labute approximate surface area is 101 Å². The van der Waals surface area contributed by atoms with Crippen LogP contribution in [0.1, 0.15) is 5.56 Å². The highest BCUT2D eigenvalue weighted by atomic mass is 19.4. The summed E-state index contributed by atoms with van der Waals surface area (Å²) in [7, 11) is 0.